The van der Waals surface area contributed by atoms with Crippen LogP contribution in [0.15, 0.2) is 45.9 Å². The quantitative estimate of drug-likeness (QED) is 0.397. The number of hydrogen-bond acceptors (Lipinski definition) is 5. The molecule has 0 saturated carbocycles. The third-order valence-electron chi connectivity index (χ3n) is 4.83. The Bertz CT molecular complexity index is 907. The number of methoxy groups -OCH3 is 1. The van der Waals surface area contributed by atoms with Gasteiger partial charge in [-0.25, -0.2) is 4.98 Å². The molecule has 0 unspecified atom stereocenters. The number of thioether (sulfide) groups is 1. The van der Waals surface area contributed by atoms with Gasteiger partial charge in [0.25, 0.3) is 5.56 Å². The first-order valence-electron chi connectivity index (χ1n) is 9.75. The summed E-state index contributed by atoms with van der Waals surface area (Å²) in [6.07, 6.45) is 8.06. The summed E-state index contributed by atoms with van der Waals surface area (Å²) in [6, 6.07) is 7.28. The molecule has 1 heterocycles. The van der Waals surface area contributed by atoms with Gasteiger partial charge in [-0.2, -0.15) is 0 Å². The van der Waals surface area contributed by atoms with E-state index in [0.717, 1.165) is 19.3 Å². The number of nitrogens with zero attached hydrogens (tertiary/aromatic N) is 2. The third kappa shape index (κ3) is 5.45. The fraction of sp³-hybridized carbons (Fsp3) is 0.476. The van der Waals surface area contributed by atoms with Crippen molar-refractivity contribution in [2.75, 3.05) is 26.0 Å². The Kier molecular flexibility index (Phi) is 7.68. The molecule has 1 N–H and O–H groups in total. The van der Waals surface area contributed by atoms with Crippen LogP contribution in [0.2, 0.25) is 0 Å². The molecule has 6 nitrogen and oxygen atoms in total. The van der Waals surface area contributed by atoms with Crippen molar-refractivity contribution in [2.24, 2.45) is 0 Å². The van der Waals surface area contributed by atoms with Crippen LogP contribution in [0.3, 0.4) is 0 Å². The number of carbonyl (C=O) groups is 1. The van der Waals surface area contributed by atoms with Gasteiger partial charge in [-0.3, -0.25) is 14.2 Å². The predicted octanol–water partition coefficient (Wildman–Crippen LogP) is 3.14. The Morgan fingerprint density at radius 2 is 2.18 bits per heavy atom. The summed E-state index contributed by atoms with van der Waals surface area (Å²) in [6.45, 7) is 1.48. The topological polar surface area (TPSA) is 73.2 Å². The maximum absolute atomic E-state index is 12.8. The van der Waals surface area contributed by atoms with Crippen LogP contribution in [-0.4, -0.2) is 41.5 Å². The summed E-state index contributed by atoms with van der Waals surface area (Å²) in [5.74, 6) is 0.193. The zero-order valence-electron chi connectivity index (χ0n) is 16.3. The van der Waals surface area contributed by atoms with Gasteiger partial charge in [-0.1, -0.05) is 35.5 Å². The standard InChI is InChI=1S/C21H27N3O3S/c1-27-14-13-24-20(26)17-9-5-6-10-18(17)23-21(24)28-15-19(25)22-12-11-16-7-3-2-4-8-16/h5-7,9-10H,2-4,8,11-15H2,1H3,(H,22,25). The number of benzene rings is 1. The smallest absolute Gasteiger partial charge is 0.262 e. The molecule has 1 aromatic heterocycles. The first-order chi connectivity index (χ1) is 13.7. The SMILES string of the molecule is COCCn1c(SCC(=O)NCCC2=CCCCC2)nc2ccccc2c1=O. The van der Waals surface area contributed by atoms with E-state index in [0.29, 0.717) is 35.8 Å². The Morgan fingerprint density at radius 3 is 2.96 bits per heavy atom. The van der Waals surface area contributed by atoms with Crippen LogP contribution < -0.4 is 10.9 Å². The lowest BCUT2D eigenvalue weighted by atomic mass is 9.97. The van der Waals surface area contributed by atoms with Crippen molar-refractivity contribution in [2.45, 2.75) is 43.8 Å². The minimum atomic E-state index is -0.102. The first-order valence-corrected chi connectivity index (χ1v) is 10.7. The highest BCUT2D eigenvalue weighted by Crippen LogP contribution is 2.20. The van der Waals surface area contributed by atoms with Gasteiger partial charge < -0.3 is 10.1 Å². The van der Waals surface area contributed by atoms with Crippen molar-refractivity contribution in [3.63, 3.8) is 0 Å². The molecule has 0 fully saturated rings. The molecule has 0 atom stereocenters. The Hall–Kier alpha value is -2.12. The van der Waals surface area contributed by atoms with E-state index in [9.17, 15) is 9.59 Å². The van der Waals surface area contributed by atoms with Crippen LogP contribution in [0.25, 0.3) is 10.9 Å². The second-order valence-corrected chi connectivity index (χ2v) is 7.80. The van der Waals surface area contributed by atoms with Gasteiger partial charge in [0.2, 0.25) is 5.91 Å². The molecule has 0 spiro atoms. The van der Waals surface area contributed by atoms with Crippen molar-refractivity contribution in [1.29, 1.82) is 0 Å². The lowest BCUT2D eigenvalue weighted by Crippen LogP contribution is -2.28. The third-order valence-corrected chi connectivity index (χ3v) is 5.81. The molecule has 1 aliphatic rings. The number of carbonyl (C=O) groups excluding carboxylic acids is 1. The second kappa shape index (κ2) is 10.4. The Morgan fingerprint density at radius 1 is 1.32 bits per heavy atom. The minimum Gasteiger partial charge on any atom is -0.383 e. The van der Waals surface area contributed by atoms with Crippen LogP contribution in [0.1, 0.15) is 32.1 Å². The number of allylic oxidation sites excluding steroid dienone is 1. The van der Waals surface area contributed by atoms with Crippen molar-refractivity contribution in [1.82, 2.24) is 14.9 Å². The van der Waals surface area contributed by atoms with Crippen molar-refractivity contribution in [3.8, 4) is 0 Å². The van der Waals surface area contributed by atoms with Gasteiger partial charge in [-0.05, 0) is 44.2 Å². The molecule has 1 aromatic carbocycles. The number of aromatic nitrogens is 2. The molecule has 0 saturated heterocycles. The molecule has 0 radical (unpaired) electrons. The van der Waals surface area contributed by atoms with Crippen LogP contribution >= 0.6 is 11.8 Å². The molecule has 0 bridgehead atoms. The van der Waals surface area contributed by atoms with E-state index in [2.05, 4.69) is 16.4 Å². The summed E-state index contributed by atoms with van der Waals surface area (Å²) in [4.78, 5) is 29.6. The normalized spacial score (nSPS) is 14.1. The molecule has 2 aromatic rings. The Labute approximate surface area is 169 Å². The highest BCUT2D eigenvalue weighted by atomic mass is 32.2. The van der Waals surface area contributed by atoms with Crippen LogP contribution in [-0.2, 0) is 16.1 Å². The summed E-state index contributed by atoms with van der Waals surface area (Å²) < 4.78 is 6.72. The zero-order valence-corrected chi connectivity index (χ0v) is 17.1. The molecular formula is C21H27N3O3S. The van der Waals surface area contributed by atoms with E-state index in [4.69, 9.17) is 4.74 Å². The van der Waals surface area contributed by atoms with E-state index in [1.165, 1.54) is 30.2 Å². The summed E-state index contributed by atoms with van der Waals surface area (Å²) >= 11 is 1.29. The number of hydrogen-bond donors (Lipinski definition) is 1. The molecular weight excluding hydrogens is 374 g/mol. The molecule has 0 aliphatic heterocycles. The average molecular weight is 402 g/mol. The zero-order chi connectivity index (χ0) is 19.8. The maximum Gasteiger partial charge on any atom is 0.262 e. The van der Waals surface area contributed by atoms with Gasteiger partial charge in [0, 0.05) is 13.7 Å². The van der Waals surface area contributed by atoms with E-state index in [1.807, 2.05) is 18.2 Å². The Balaban J connectivity index is 1.62. The molecule has 28 heavy (non-hydrogen) atoms. The summed E-state index contributed by atoms with van der Waals surface area (Å²) in [7, 11) is 1.60. The fourth-order valence-corrected chi connectivity index (χ4v) is 4.17. The van der Waals surface area contributed by atoms with E-state index >= 15 is 0 Å². The number of ether oxygens (including phenoxy) is 1. The van der Waals surface area contributed by atoms with Crippen LogP contribution in [0.4, 0.5) is 0 Å². The average Bonchev–Trinajstić information content (AvgIpc) is 2.72. The summed E-state index contributed by atoms with van der Waals surface area (Å²) in [5, 5.41) is 4.10. The van der Waals surface area contributed by atoms with E-state index in [-0.39, 0.29) is 17.2 Å². The monoisotopic (exact) mass is 401 g/mol. The largest absolute Gasteiger partial charge is 0.383 e. The number of para-hydroxylation sites is 1. The number of nitrogens with one attached hydrogen (secondary N) is 1. The second-order valence-electron chi connectivity index (χ2n) is 6.86. The molecule has 1 amide bonds. The lowest BCUT2D eigenvalue weighted by Gasteiger charge is -2.14. The number of amides is 1. The molecule has 1 aliphatic carbocycles. The molecule has 7 heteroatoms. The van der Waals surface area contributed by atoms with Gasteiger partial charge in [0.1, 0.15) is 0 Å². The van der Waals surface area contributed by atoms with Gasteiger partial charge in [-0.15, -0.1) is 0 Å². The van der Waals surface area contributed by atoms with Gasteiger partial charge in [0.15, 0.2) is 5.16 Å². The fourth-order valence-electron chi connectivity index (χ4n) is 3.31. The number of fused-ring (bicyclic) bond motifs is 1. The van der Waals surface area contributed by atoms with Crippen molar-refractivity contribution >= 4 is 28.6 Å². The highest BCUT2D eigenvalue weighted by molar-refractivity contribution is 7.99. The maximum atomic E-state index is 12.8. The number of rotatable bonds is 9. The van der Waals surface area contributed by atoms with Crippen molar-refractivity contribution in [3.05, 3.63) is 46.3 Å². The lowest BCUT2D eigenvalue weighted by molar-refractivity contribution is -0.118. The van der Waals surface area contributed by atoms with E-state index in [1.54, 1.807) is 17.7 Å². The predicted molar refractivity (Wildman–Crippen MR) is 113 cm³/mol. The molecule has 3 rings (SSSR count). The highest BCUT2D eigenvalue weighted by Gasteiger charge is 2.13. The van der Waals surface area contributed by atoms with Crippen LogP contribution in [0.5, 0.6) is 0 Å². The van der Waals surface area contributed by atoms with Crippen molar-refractivity contribution < 1.29 is 9.53 Å². The van der Waals surface area contributed by atoms with Crippen LogP contribution in [0, 0.1) is 0 Å². The van der Waals surface area contributed by atoms with E-state index < -0.39 is 0 Å². The van der Waals surface area contributed by atoms with Gasteiger partial charge in [0.05, 0.1) is 29.8 Å². The minimum absolute atomic E-state index is 0.0397. The first kappa shape index (κ1) is 20.6. The summed E-state index contributed by atoms with van der Waals surface area (Å²) in [5.41, 5.74) is 1.99. The molecule has 150 valence electrons. The van der Waals surface area contributed by atoms with Gasteiger partial charge >= 0.3 is 0 Å².